The summed E-state index contributed by atoms with van der Waals surface area (Å²) < 4.78 is 11.0. The summed E-state index contributed by atoms with van der Waals surface area (Å²) in [6.45, 7) is 6.64. The molecule has 0 unspecified atom stereocenters. The minimum Gasteiger partial charge on any atom is -0.347 e. The molecule has 0 spiro atoms. The van der Waals surface area contributed by atoms with Crippen LogP contribution in [-0.4, -0.2) is 18.5 Å². The maximum absolute atomic E-state index is 5.60. The summed E-state index contributed by atoms with van der Waals surface area (Å²) in [5, 5.41) is 0. The van der Waals surface area contributed by atoms with Crippen molar-refractivity contribution in [3.63, 3.8) is 0 Å². The van der Waals surface area contributed by atoms with Crippen LogP contribution in [0.2, 0.25) is 0 Å². The van der Waals surface area contributed by atoms with E-state index in [9.17, 15) is 0 Å². The van der Waals surface area contributed by atoms with E-state index in [4.69, 9.17) is 9.47 Å². The highest BCUT2D eigenvalue weighted by Crippen LogP contribution is 2.22. The third-order valence-electron chi connectivity index (χ3n) is 2.18. The van der Waals surface area contributed by atoms with Gasteiger partial charge < -0.3 is 9.47 Å². The van der Waals surface area contributed by atoms with Gasteiger partial charge in [-0.3, -0.25) is 0 Å². The lowest BCUT2D eigenvalue weighted by molar-refractivity contribution is -0.133. The molecular formula is C13H20O2. The molecular weight excluding hydrogens is 188 g/mol. The Kier molecular flexibility index (Phi) is 4.87. The fourth-order valence-corrected chi connectivity index (χ4v) is 1.36. The van der Waals surface area contributed by atoms with Crippen molar-refractivity contribution in [3.05, 3.63) is 12.2 Å². The highest BCUT2D eigenvalue weighted by molar-refractivity contribution is 5.16. The van der Waals surface area contributed by atoms with Gasteiger partial charge in [-0.15, -0.1) is 0 Å². The SMILES string of the molecule is CCCCC#CC=C[C@H]1COC(C)(C)O1. The molecule has 0 amide bonds. The van der Waals surface area contributed by atoms with E-state index >= 15 is 0 Å². The molecule has 2 heteroatoms. The lowest BCUT2D eigenvalue weighted by Gasteiger charge is -2.15. The third-order valence-corrected chi connectivity index (χ3v) is 2.18. The number of rotatable bonds is 3. The van der Waals surface area contributed by atoms with E-state index in [-0.39, 0.29) is 6.10 Å². The van der Waals surface area contributed by atoms with Gasteiger partial charge in [0, 0.05) is 6.42 Å². The van der Waals surface area contributed by atoms with Gasteiger partial charge in [0.05, 0.1) is 6.61 Å². The van der Waals surface area contributed by atoms with E-state index in [0.717, 1.165) is 6.42 Å². The molecule has 0 aromatic carbocycles. The van der Waals surface area contributed by atoms with Gasteiger partial charge >= 0.3 is 0 Å². The minimum atomic E-state index is -0.440. The van der Waals surface area contributed by atoms with Crippen LogP contribution in [0.1, 0.15) is 40.0 Å². The summed E-state index contributed by atoms with van der Waals surface area (Å²) >= 11 is 0. The van der Waals surface area contributed by atoms with Crippen molar-refractivity contribution in [2.24, 2.45) is 0 Å². The van der Waals surface area contributed by atoms with Crippen molar-refractivity contribution in [3.8, 4) is 11.8 Å². The zero-order valence-corrected chi connectivity index (χ0v) is 9.88. The maximum Gasteiger partial charge on any atom is 0.163 e. The van der Waals surface area contributed by atoms with E-state index in [1.165, 1.54) is 12.8 Å². The third kappa shape index (κ3) is 5.01. The van der Waals surface area contributed by atoms with Gasteiger partial charge in [-0.05, 0) is 32.4 Å². The largest absolute Gasteiger partial charge is 0.347 e. The minimum absolute atomic E-state index is 0.0560. The summed E-state index contributed by atoms with van der Waals surface area (Å²) in [6.07, 6.45) is 7.25. The van der Waals surface area contributed by atoms with Crippen LogP contribution >= 0.6 is 0 Å². The van der Waals surface area contributed by atoms with E-state index < -0.39 is 5.79 Å². The molecule has 0 bridgehead atoms. The van der Waals surface area contributed by atoms with Crippen LogP contribution < -0.4 is 0 Å². The fourth-order valence-electron chi connectivity index (χ4n) is 1.36. The Balaban J connectivity index is 2.23. The first-order valence-corrected chi connectivity index (χ1v) is 5.61. The Morgan fingerprint density at radius 2 is 2.27 bits per heavy atom. The number of hydrogen-bond acceptors (Lipinski definition) is 2. The Labute approximate surface area is 92.6 Å². The Morgan fingerprint density at radius 3 is 2.87 bits per heavy atom. The molecule has 0 aromatic rings. The van der Waals surface area contributed by atoms with Crippen LogP contribution in [0.15, 0.2) is 12.2 Å². The molecule has 1 atom stereocenters. The van der Waals surface area contributed by atoms with Crippen LogP contribution in [0.4, 0.5) is 0 Å². The van der Waals surface area contributed by atoms with Crippen molar-refractivity contribution in [1.29, 1.82) is 0 Å². The topological polar surface area (TPSA) is 18.5 Å². The number of ether oxygens (including phenoxy) is 2. The lowest BCUT2D eigenvalue weighted by atomic mass is 10.2. The van der Waals surface area contributed by atoms with Gasteiger partial charge in [0.2, 0.25) is 0 Å². The average Bonchev–Trinajstić information content (AvgIpc) is 2.52. The van der Waals surface area contributed by atoms with Crippen molar-refractivity contribution >= 4 is 0 Å². The Morgan fingerprint density at radius 1 is 1.47 bits per heavy atom. The summed E-state index contributed by atoms with van der Waals surface area (Å²) in [5.41, 5.74) is 0. The van der Waals surface area contributed by atoms with Gasteiger partial charge in [-0.2, -0.15) is 0 Å². The van der Waals surface area contributed by atoms with Crippen molar-refractivity contribution < 1.29 is 9.47 Å². The zero-order valence-electron chi connectivity index (χ0n) is 9.88. The van der Waals surface area contributed by atoms with Crippen LogP contribution in [0.25, 0.3) is 0 Å². The highest BCUT2D eigenvalue weighted by Gasteiger charge is 2.30. The van der Waals surface area contributed by atoms with Crippen molar-refractivity contribution in [1.82, 2.24) is 0 Å². The zero-order chi connectivity index (χ0) is 11.1. The molecule has 1 saturated heterocycles. The van der Waals surface area contributed by atoms with E-state index in [1.807, 2.05) is 26.0 Å². The molecule has 1 aliphatic rings. The molecule has 0 N–H and O–H groups in total. The highest BCUT2D eigenvalue weighted by atomic mass is 16.7. The quantitative estimate of drug-likeness (QED) is 0.524. The second-order valence-corrected chi connectivity index (χ2v) is 4.15. The molecule has 15 heavy (non-hydrogen) atoms. The Hall–Kier alpha value is -0.780. The summed E-state index contributed by atoms with van der Waals surface area (Å²) in [7, 11) is 0. The molecule has 0 aromatic heterocycles. The number of hydrogen-bond donors (Lipinski definition) is 0. The molecule has 0 saturated carbocycles. The van der Waals surface area contributed by atoms with Crippen LogP contribution in [0.5, 0.6) is 0 Å². The molecule has 2 nitrogen and oxygen atoms in total. The van der Waals surface area contributed by atoms with Gasteiger partial charge in [0.25, 0.3) is 0 Å². The Bertz CT molecular complexity index is 268. The van der Waals surface area contributed by atoms with E-state index in [0.29, 0.717) is 6.61 Å². The van der Waals surface area contributed by atoms with Gasteiger partial charge in [0.15, 0.2) is 5.79 Å². The molecule has 1 aliphatic heterocycles. The summed E-state index contributed by atoms with van der Waals surface area (Å²) in [5.74, 6) is 5.67. The van der Waals surface area contributed by atoms with E-state index in [1.54, 1.807) is 0 Å². The van der Waals surface area contributed by atoms with Crippen LogP contribution in [0.3, 0.4) is 0 Å². The molecule has 0 aliphatic carbocycles. The predicted octanol–water partition coefficient (Wildman–Crippen LogP) is 2.89. The standard InChI is InChI=1S/C13H20O2/c1-4-5-6-7-8-9-10-12-11-14-13(2,3)15-12/h9-10,12H,4-6,11H2,1-3H3/t12-/m0/s1. The molecule has 84 valence electrons. The van der Waals surface area contributed by atoms with Gasteiger partial charge in [0.1, 0.15) is 6.10 Å². The first-order valence-electron chi connectivity index (χ1n) is 5.61. The smallest absolute Gasteiger partial charge is 0.163 e. The molecule has 1 fully saturated rings. The predicted molar refractivity (Wildman–Crippen MR) is 61.3 cm³/mol. The molecule has 0 radical (unpaired) electrons. The lowest BCUT2D eigenvalue weighted by Crippen LogP contribution is -2.20. The molecule has 1 heterocycles. The van der Waals surface area contributed by atoms with Gasteiger partial charge in [-0.25, -0.2) is 0 Å². The normalized spacial score (nSPS) is 24.1. The van der Waals surface area contributed by atoms with Gasteiger partial charge in [-0.1, -0.05) is 25.2 Å². The summed E-state index contributed by atoms with van der Waals surface area (Å²) in [4.78, 5) is 0. The second-order valence-electron chi connectivity index (χ2n) is 4.15. The van der Waals surface area contributed by atoms with Crippen LogP contribution in [0, 0.1) is 11.8 Å². The fraction of sp³-hybridized carbons (Fsp3) is 0.692. The first kappa shape index (κ1) is 12.3. The first-order chi connectivity index (χ1) is 7.14. The van der Waals surface area contributed by atoms with Crippen molar-refractivity contribution in [2.75, 3.05) is 6.61 Å². The summed E-state index contributed by atoms with van der Waals surface area (Å²) in [6, 6.07) is 0. The van der Waals surface area contributed by atoms with Crippen molar-refractivity contribution in [2.45, 2.75) is 51.9 Å². The molecule has 1 rings (SSSR count). The monoisotopic (exact) mass is 208 g/mol. The second kappa shape index (κ2) is 5.95. The maximum atomic E-state index is 5.60. The van der Waals surface area contributed by atoms with Crippen LogP contribution in [-0.2, 0) is 9.47 Å². The number of unbranched alkanes of at least 4 members (excludes halogenated alkanes) is 2. The average molecular weight is 208 g/mol. The number of allylic oxidation sites excluding steroid dienone is 1. The van der Waals surface area contributed by atoms with E-state index in [2.05, 4.69) is 18.8 Å².